The van der Waals surface area contributed by atoms with Gasteiger partial charge >= 0.3 is 0 Å². The van der Waals surface area contributed by atoms with Gasteiger partial charge < -0.3 is 5.32 Å². The molecule has 0 bridgehead atoms. The average Bonchev–Trinajstić information content (AvgIpc) is 2.15. The summed E-state index contributed by atoms with van der Waals surface area (Å²) >= 11 is 0. The molecule has 0 atom stereocenters. The van der Waals surface area contributed by atoms with Crippen LogP contribution in [0.1, 0.15) is 20.3 Å². The van der Waals surface area contributed by atoms with Crippen LogP contribution in [-0.4, -0.2) is 14.3 Å². The van der Waals surface area contributed by atoms with Crippen LogP contribution >= 0.6 is 0 Å². The third-order valence-corrected chi connectivity index (χ3v) is 2.95. The minimum absolute atomic E-state index is 0.0140. The van der Waals surface area contributed by atoms with E-state index in [-0.39, 0.29) is 16.7 Å². The first-order chi connectivity index (χ1) is 7.79. The molecule has 6 heteroatoms. The van der Waals surface area contributed by atoms with Gasteiger partial charge in [0.2, 0.25) is 15.9 Å². The van der Waals surface area contributed by atoms with E-state index in [9.17, 15) is 13.2 Å². The summed E-state index contributed by atoms with van der Waals surface area (Å²) in [6.07, 6.45) is 0.388. The number of nitrogens with two attached hydrogens (primary N) is 1. The van der Waals surface area contributed by atoms with Crippen LogP contribution in [0.3, 0.4) is 0 Å². The van der Waals surface area contributed by atoms with Crippen molar-refractivity contribution in [2.75, 3.05) is 5.32 Å². The number of carbonyl (C=O) groups excluding carboxylic acids is 1. The van der Waals surface area contributed by atoms with Crippen LogP contribution in [0.15, 0.2) is 29.2 Å². The fourth-order valence-electron chi connectivity index (χ4n) is 1.33. The number of anilines is 1. The van der Waals surface area contributed by atoms with E-state index >= 15 is 0 Å². The Morgan fingerprint density at radius 1 is 1.41 bits per heavy atom. The lowest BCUT2D eigenvalue weighted by Crippen LogP contribution is -2.15. The van der Waals surface area contributed by atoms with E-state index in [4.69, 9.17) is 5.14 Å². The second-order valence-electron chi connectivity index (χ2n) is 4.22. The molecule has 3 N–H and O–H groups in total. The highest BCUT2D eigenvalue weighted by Gasteiger charge is 2.10. The van der Waals surface area contributed by atoms with E-state index in [2.05, 4.69) is 5.32 Å². The number of sulfonamides is 1. The third kappa shape index (κ3) is 4.54. The molecule has 0 spiro atoms. The van der Waals surface area contributed by atoms with Crippen molar-refractivity contribution in [2.24, 2.45) is 11.1 Å². The second kappa shape index (κ2) is 5.29. The summed E-state index contributed by atoms with van der Waals surface area (Å²) in [6, 6.07) is 5.87. The van der Waals surface area contributed by atoms with Gasteiger partial charge in [0, 0.05) is 12.1 Å². The second-order valence-corrected chi connectivity index (χ2v) is 5.78. The SMILES string of the molecule is CC(C)CC(=O)Nc1cccc(S(N)(=O)=O)c1. The Morgan fingerprint density at radius 3 is 2.59 bits per heavy atom. The van der Waals surface area contributed by atoms with Crippen LogP contribution in [0, 0.1) is 5.92 Å². The van der Waals surface area contributed by atoms with Crippen molar-refractivity contribution in [2.45, 2.75) is 25.2 Å². The quantitative estimate of drug-likeness (QED) is 0.851. The Balaban J connectivity index is 2.83. The highest BCUT2D eigenvalue weighted by Crippen LogP contribution is 2.14. The zero-order valence-electron chi connectivity index (χ0n) is 9.80. The fourth-order valence-corrected chi connectivity index (χ4v) is 1.89. The molecule has 0 saturated carbocycles. The number of amides is 1. The summed E-state index contributed by atoms with van der Waals surface area (Å²) in [7, 11) is -3.74. The highest BCUT2D eigenvalue weighted by molar-refractivity contribution is 7.89. The summed E-state index contributed by atoms with van der Waals surface area (Å²) in [5, 5.41) is 7.62. The van der Waals surface area contributed by atoms with Crippen molar-refractivity contribution >= 4 is 21.6 Å². The molecule has 5 nitrogen and oxygen atoms in total. The van der Waals surface area contributed by atoms with E-state index in [0.717, 1.165) is 0 Å². The lowest BCUT2D eigenvalue weighted by molar-refractivity contribution is -0.116. The predicted molar refractivity (Wildman–Crippen MR) is 65.9 cm³/mol. The van der Waals surface area contributed by atoms with E-state index in [1.165, 1.54) is 18.2 Å². The number of carbonyl (C=O) groups is 1. The summed E-state index contributed by atoms with van der Waals surface area (Å²) in [5.74, 6) is 0.1000. The Hall–Kier alpha value is -1.40. The van der Waals surface area contributed by atoms with Crippen LogP contribution in [0.5, 0.6) is 0 Å². The molecular formula is C11H16N2O3S. The van der Waals surface area contributed by atoms with Crippen molar-refractivity contribution < 1.29 is 13.2 Å². The molecule has 0 aromatic heterocycles. The van der Waals surface area contributed by atoms with E-state index in [0.29, 0.717) is 12.1 Å². The molecule has 0 fully saturated rings. The molecular weight excluding hydrogens is 240 g/mol. The van der Waals surface area contributed by atoms with Gasteiger partial charge in [-0.2, -0.15) is 0 Å². The van der Waals surface area contributed by atoms with Crippen molar-refractivity contribution in [1.82, 2.24) is 0 Å². The van der Waals surface area contributed by atoms with Gasteiger partial charge in [-0.15, -0.1) is 0 Å². The van der Waals surface area contributed by atoms with Gasteiger partial charge in [0.1, 0.15) is 0 Å². The molecule has 0 aliphatic rings. The molecule has 0 radical (unpaired) electrons. The van der Waals surface area contributed by atoms with Crippen LogP contribution in [0.4, 0.5) is 5.69 Å². The predicted octanol–water partition coefficient (Wildman–Crippen LogP) is 1.32. The maximum absolute atomic E-state index is 11.5. The van der Waals surface area contributed by atoms with Gasteiger partial charge in [-0.1, -0.05) is 19.9 Å². The Kier molecular flexibility index (Phi) is 4.25. The molecule has 0 saturated heterocycles. The van der Waals surface area contributed by atoms with Crippen molar-refractivity contribution in [3.05, 3.63) is 24.3 Å². The molecule has 94 valence electrons. The largest absolute Gasteiger partial charge is 0.326 e. The summed E-state index contributed by atoms with van der Waals surface area (Å²) in [4.78, 5) is 11.5. The maximum atomic E-state index is 11.5. The van der Waals surface area contributed by atoms with Crippen LogP contribution in [0.25, 0.3) is 0 Å². The molecule has 0 aliphatic heterocycles. The van der Waals surface area contributed by atoms with Gasteiger partial charge in [0.25, 0.3) is 0 Å². The third-order valence-electron chi connectivity index (χ3n) is 2.04. The average molecular weight is 256 g/mol. The normalized spacial score (nSPS) is 11.5. The molecule has 1 aromatic carbocycles. The Labute approximate surface area is 101 Å². The summed E-state index contributed by atoms with van der Waals surface area (Å²) in [5.41, 5.74) is 0.433. The smallest absolute Gasteiger partial charge is 0.238 e. The van der Waals surface area contributed by atoms with Crippen LogP contribution in [0.2, 0.25) is 0 Å². The minimum atomic E-state index is -3.74. The Morgan fingerprint density at radius 2 is 2.06 bits per heavy atom. The van der Waals surface area contributed by atoms with E-state index < -0.39 is 10.0 Å². The Bertz CT molecular complexity index is 509. The zero-order chi connectivity index (χ0) is 13.1. The number of hydrogen-bond acceptors (Lipinski definition) is 3. The monoisotopic (exact) mass is 256 g/mol. The van der Waals surface area contributed by atoms with Crippen molar-refractivity contribution in [3.63, 3.8) is 0 Å². The molecule has 0 unspecified atom stereocenters. The van der Waals surface area contributed by atoms with Crippen molar-refractivity contribution in [3.8, 4) is 0 Å². The lowest BCUT2D eigenvalue weighted by atomic mass is 10.1. The molecule has 17 heavy (non-hydrogen) atoms. The number of nitrogens with one attached hydrogen (secondary N) is 1. The number of hydrogen-bond donors (Lipinski definition) is 2. The van der Waals surface area contributed by atoms with Gasteiger partial charge in [0.15, 0.2) is 0 Å². The molecule has 1 amide bonds. The van der Waals surface area contributed by atoms with Gasteiger partial charge in [0.05, 0.1) is 4.90 Å². The van der Waals surface area contributed by atoms with Crippen LogP contribution < -0.4 is 10.5 Å². The first-order valence-corrected chi connectivity index (χ1v) is 6.76. The topological polar surface area (TPSA) is 89.3 Å². The summed E-state index contributed by atoms with van der Waals surface area (Å²) in [6.45, 7) is 3.86. The van der Waals surface area contributed by atoms with Gasteiger partial charge in [-0.05, 0) is 24.1 Å². The van der Waals surface area contributed by atoms with E-state index in [1.807, 2.05) is 13.8 Å². The standard InChI is InChI=1S/C11H16N2O3S/c1-8(2)6-11(14)13-9-4-3-5-10(7-9)17(12,15)16/h3-5,7-8H,6H2,1-2H3,(H,13,14)(H2,12,15,16). The fraction of sp³-hybridized carbons (Fsp3) is 0.364. The molecule has 1 aromatic rings. The minimum Gasteiger partial charge on any atom is -0.326 e. The number of benzene rings is 1. The molecule has 0 aliphatic carbocycles. The summed E-state index contributed by atoms with van der Waals surface area (Å²) < 4.78 is 22.2. The highest BCUT2D eigenvalue weighted by atomic mass is 32.2. The number of primary sulfonamides is 1. The first kappa shape index (κ1) is 13.7. The zero-order valence-corrected chi connectivity index (χ0v) is 10.6. The van der Waals surface area contributed by atoms with Crippen LogP contribution in [-0.2, 0) is 14.8 Å². The number of rotatable bonds is 4. The molecule has 0 heterocycles. The lowest BCUT2D eigenvalue weighted by Gasteiger charge is -2.08. The van der Waals surface area contributed by atoms with Gasteiger partial charge in [-0.25, -0.2) is 13.6 Å². The van der Waals surface area contributed by atoms with Gasteiger partial charge in [-0.3, -0.25) is 4.79 Å². The first-order valence-electron chi connectivity index (χ1n) is 5.22. The van der Waals surface area contributed by atoms with Crippen molar-refractivity contribution in [1.29, 1.82) is 0 Å². The molecule has 1 rings (SSSR count). The van der Waals surface area contributed by atoms with E-state index in [1.54, 1.807) is 6.07 Å². The maximum Gasteiger partial charge on any atom is 0.238 e.